The average Bonchev–Trinajstić information content (AvgIpc) is 2.95. The first-order chi connectivity index (χ1) is 8.66. The fourth-order valence-corrected chi connectivity index (χ4v) is 3.50. The van der Waals surface area contributed by atoms with E-state index in [1.54, 1.807) is 0 Å². The Morgan fingerprint density at radius 2 is 1.94 bits per heavy atom. The van der Waals surface area contributed by atoms with Crippen molar-refractivity contribution < 1.29 is 4.79 Å². The van der Waals surface area contributed by atoms with Gasteiger partial charge in [0.25, 0.3) is 0 Å². The summed E-state index contributed by atoms with van der Waals surface area (Å²) in [5.41, 5.74) is 0. The van der Waals surface area contributed by atoms with E-state index < -0.39 is 0 Å². The Morgan fingerprint density at radius 3 is 2.44 bits per heavy atom. The smallest absolute Gasteiger partial charge is 0.317 e. The minimum absolute atomic E-state index is 0.00204. The molecule has 1 aromatic heterocycles. The lowest BCUT2D eigenvalue weighted by molar-refractivity contribution is 0.105. The van der Waals surface area contributed by atoms with E-state index in [4.69, 9.17) is 0 Å². The van der Waals surface area contributed by atoms with Gasteiger partial charge in [-0.2, -0.15) is 9.78 Å². The molecule has 2 aliphatic rings. The summed E-state index contributed by atoms with van der Waals surface area (Å²) in [4.78, 5) is 18.3. The third kappa shape index (κ3) is 1.82. The van der Waals surface area contributed by atoms with Gasteiger partial charge in [-0.05, 0) is 37.5 Å². The van der Waals surface area contributed by atoms with E-state index in [0.29, 0.717) is 12.1 Å². The zero-order chi connectivity index (χ0) is 12.7. The van der Waals surface area contributed by atoms with Gasteiger partial charge in [-0.15, -0.1) is 0 Å². The van der Waals surface area contributed by atoms with Gasteiger partial charge in [0.2, 0.25) is 0 Å². The minimum Gasteiger partial charge on any atom is -0.317 e. The van der Waals surface area contributed by atoms with Crippen LogP contribution in [0.5, 0.6) is 0 Å². The molecular weight excluding hydrogens is 228 g/mol. The lowest BCUT2D eigenvalue weighted by Gasteiger charge is -2.40. The van der Waals surface area contributed by atoms with Gasteiger partial charge in [-0.1, -0.05) is 13.8 Å². The number of rotatable bonds is 1. The monoisotopic (exact) mass is 248 g/mol. The second kappa shape index (κ2) is 4.37. The highest BCUT2D eigenvalue weighted by Crippen LogP contribution is 2.41. The molecular formula is C13H20N4O. The quantitative estimate of drug-likeness (QED) is 0.765. The Kier molecular flexibility index (Phi) is 2.84. The first kappa shape index (κ1) is 11.7. The van der Waals surface area contributed by atoms with Gasteiger partial charge in [0.15, 0.2) is 0 Å². The molecule has 0 N–H and O–H groups in total. The van der Waals surface area contributed by atoms with Crippen molar-refractivity contribution in [3.05, 3.63) is 12.7 Å². The van der Waals surface area contributed by atoms with Crippen molar-refractivity contribution in [3.63, 3.8) is 0 Å². The van der Waals surface area contributed by atoms with Crippen LogP contribution in [0.15, 0.2) is 12.7 Å². The van der Waals surface area contributed by atoms with Gasteiger partial charge in [-0.3, -0.25) is 0 Å². The number of amides is 1. The fraction of sp³-hybridized carbons (Fsp3) is 0.769. The molecule has 0 aromatic carbocycles. The maximum Gasteiger partial charge on any atom is 0.346 e. The molecule has 0 aliphatic carbocycles. The molecule has 2 aliphatic heterocycles. The Hall–Kier alpha value is -1.39. The molecule has 5 heteroatoms. The van der Waals surface area contributed by atoms with Crippen LogP contribution in [0, 0.1) is 11.8 Å². The van der Waals surface area contributed by atoms with Crippen molar-refractivity contribution in [3.8, 4) is 0 Å². The SMILES string of the molecule is CC(C)C1CC2CCC(C1)N2C(=O)n1cncn1. The molecule has 0 saturated carbocycles. The second-order valence-electron chi connectivity index (χ2n) is 5.89. The maximum atomic E-state index is 12.4. The van der Waals surface area contributed by atoms with Crippen LogP contribution in [0.25, 0.3) is 0 Å². The number of hydrogen-bond acceptors (Lipinski definition) is 3. The van der Waals surface area contributed by atoms with Crippen molar-refractivity contribution in [2.45, 2.75) is 51.6 Å². The van der Waals surface area contributed by atoms with E-state index in [-0.39, 0.29) is 6.03 Å². The minimum atomic E-state index is 0.00204. The molecule has 3 heterocycles. The number of nitrogens with zero attached hydrogens (tertiary/aromatic N) is 4. The highest BCUT2D eigenvalue weighted by molar-refractivity contribution is 5.76. The van der Waals surface area contributed by atoms with E-state index in [1.165, 1.54) is 17.3 Å². The normalized spacial score (nSPS) is 31.1. The van der Waals surface area contributed by atoms with E-state index in [9.17, 15) is 4.79 Å². The maximum absolute atomic E-state index is 12.4. The number of fused-ring (bicyclic) bond motifs is 2. The van der Waals surface area contributed by atoms with Gasteiger partial charge in [0.1, 0.15) is 12.7 Å². The molecule has 98 valence electrons. The van der Waals surface area contributed by atoms with Crippen LogP contribution < -0.4 is 0 Å². The number of piperidine rings is 1. The molecule has 5 nitrogen and oxygen atoms in total. The van der Waals surface area contributed by atoms with Crippen LogP contribution in [0.1, 0.15) is 39.5 Å². The molecule has 2 fully saturated rings. The van der Waals surface area contributed by atoms with Crippen molar-refractivity contribution >= 4 is 6.03 Å². The summed E-state index contributed by atoms with van der Waals surface area (Å²) in [5, 5.41) is 3.96. The summed E-state index contributed by atoms with van der Waals surface area (Å²) in [6, 6.07) is 0.822. The third-order valence-electron chi connectivity index (χ3n) is 4.55. The topological polar surface area (TPSA) is 51.0 Å². The van der Waals surface area contributed by atoms with Crippen molar-refractivity contribution in [2.75, 3.05) is 0 Å². The Labute approximate surface area is 107 Å². The van der Waals surface area contributed by atoms with Crippen LogP contribution in [0.3, 0.4) is 0 Å². The van der Waals surface area contributed by atoms with Crippen LogP contribution in [0.2, 0.25) is 0 Å². The molecule has 0 radical (unpaired) electrons. The lowest BCUT2D eigenvalue weighted by Crippen LogP contribution is -2.49. The summed E-state index contributed by atoms with van der Waals surface area (Å²) in [6.45, 7) is 4.58. The molecule has 2 bridgehead atoms. The first-order valence-corrected chi connectivity index (χ1v) is 6.84. The number of hydrogen-bond donors (Lipinski definition) is 0. The number of aromatic nitrogens is 3. The molecule has 2 saturated heterocycles. The Bertz CT molecular complexity index is 414. The standard InChI is InChI=1S/C13H20N4O/c1-9(2)10-5-11-3-4-12(6-10)17(11)13(18)16-8-14-7-15-16/h7-12H,3-6H2,1-2H3. The molecule has 2 unspecified atom stereocenters. The summed E-state index contributed by atoms with van der Waals surface area (Å²) in [5.74, 6) is 1.49. The predicted molar refractivity (Wildman–Crippen MR) is 67.0 cm³/mol. The Morgan fingerprint density at radius 1 is 1.28 bits per heavy atom. The zero-order valence-electron chi connectivity index (χ0n) is 11.0. The summed E-state index contributed by atoms with van der Waals surface area (Å²) >= 11 is 0. The van der Waals surface area contributed by atoms with Crippen LogP contribution >= 0.6 is 0 Å². The van der Waals surface area contributed by atoms with Crippen molar-refractivity contribution in [1.29, 1.82) is 0 Å². The molecule has 0 spiro atoms. The van der Waals surface area contributed by atoms with Crippen LogP contribution in [-0.2, 0) is 0 Å². The molecule has 3 rings (SSSR count). The van der Waals surface area contributed by atoms with Crippen molar-refractivity contribution in [1.82, 2.24) is 19.7 Å². The highest BCUT2D eigenvalue weighted by atomic mass is 16.2. The highest BCUT2D eigenvalue weighted by Gasteiger charge is 2.44. The van der Waals surface area contributed by atoms with E-state index in [1.807, 2.05) is 4.90 Å². The van der Waals surface area contributed by atoms with E-state index >= 15 is 0 Å². The largest absolute Gasteiger partial charge is 0.346 e. The summed E-state index contributed by atoms with van der Waals surface area (Å²) < 4.78 is 1.36. The van der Waals surface area contributed by atoms with Gasteiger partial charge in [0, 0.05) is 12.1 Å². The van der Waals surface area contributed by atoms with E-state index in [2.05, 4.69) is 23.9 Å². The van der Waals surface area contributed by atoms with Crippen LogP contribution in [-0.4, -0.2) is 37.8 Å². The average molecular weight is 248 g/mol. The zero-order valence-corrected chi connectivity index (χ0v) is 11.0. The summed E-state index contributed by atoms with van der Waals surface area (Å²) in [7, 11) is 0. The lowest BCUT2D eigenvalue weighted by atomic mass is 9.83. The molecule has 1 aromatic rings. The molecule has 2 atom stereocenters. The van der Waals surface area contributed by atoms with Gasteiger partial charge in [0.05, 0.1) is 0 Å². The Balaban J connectivity index is 1.78. The number of carbonyl (C=O) groups excluding carboxylic acids is 1. The van der Waals surface area contributed by atoms with Gasteiger partial charge in [-0.25, -0.2) is 9.78 Å². The molecule has 1 amide bonds. The third-order valence-corrected chi connectivity index (χ3v) is 4.55. The molecule has 18 heavy (non-hydrogen) atoms. The first-order valence-electron chi connectivity index (χ1n) is 6.84. The summed E-state index contributed by atoms with van der Waals surface area (Å²) in [6.07, 6.45) is 7.50. The van der Waals surface area contributed by atoms with E-state index in [0.717, 1.165) is 37.5 Å². The second-order valence-corrected chi connectivity index (χ2v) is 5.89. The van der Waals surface area contributed by atoms with Crippen LogP contribution in [0.4, 0.5) is 4.79 Å². The van der Waals surface area contributed by atoms with Crippen molar-refractivity contribution in [2.24, 2.45) is 11.8 Å². The van der Waals surface area contributed by atoms with Gasteiger partial charge >= 0.3 is 6.03 Å². The fourth-order valence-electron chi connectivity index (χ4n) is 3.50. The number of carbonyl (C=O) groups is 1. The predicted octanol–water partition coefficient (Wildman–Crippen LogP) is 2.15. The van der Waals surface area contributed by atoms with Gasteiger partial charge < -0.3 is 4.90 Å².